The molecule has 0 radical (unpaired) electrons. The number of rotatable bonds is 1. The number of hydrogen-bond acceptors (Lipinski definition) is 5. The lowest BCUT2D eigenvalue weighted by molar-refractivity contribution is 0.0461. The summed E-state index contributed by atoms with van der Waals surface area (Å²) in [5.41, 5.74) is 0.183. The van der Waals surface area contributed by atoms with Crippen molar-refractivity contribution in [3.63, 3.8) is 0 Å². The summed E-state index contributed by atoms with van der Waals surface area (Å²) in [5, 5.41) is 1.88. The van der Waals surface area contributed by atoms with E-state index in [0.717, 1.165) is 39.1 Å². The minimum Gasteiger partial charge on any atom is -0.485 e. The summed E-state index contributed by atoms with van der Waals surface area (Å²) in [6, 6.07) is 0. The highest BCUT2D eigenvalue weighted by atomic mass is 32.1. The summed E-state index contributed by atoms with van der Waals surface area (Å²) >= 11 is 1.43. The number of ether oxygens (including phenoxy) is 3. The molecule has 0 saturated carbocycles. The number of carbonyl (C=O) groups excluding carboxylic acids is 1. The van der Waals surface area contributed by atoms with Crippen LogP contribution in [-0.2, 0) is 4.74 Å². The van der Waals surface area contributed by atoms with E-state index in [0.29, 0.717) is 29.6 Å². The van der Waals surface area contributed by atoms with Crippen molar-refractivity contribution in [2.45, 2.75) is 19.3 Å². The second-order valence-electron chi connectivity index (χ2n) is 6.09. The maximum Gasteiger partial charge on any atom is 0.267 e. The second kappa shape index (κ2) is 5.18. The van der Waals surface area contributed by atoms with Crippen LogP contribution in [-0.4, -0.2) is 50.3 Å². The maximum atomic E-state index is 12.8. The molecule has 21 heavy (non-hydrogen) atoms. The first kappa shape index (κ1) is 13.4. The molecule has 4 rings (SSSR count). The predicted octanol–water partition coefficient (Wildman–Crippen LogP) is 2.16. The van der Waals surface area contributed by atoms with Crippen LogP contribution in [0, 0.1) is 5.41 Å². The van der Waals surface area contributed by atoms with E-state index in [4.69, 9.17) is 14.2 Å². The first-order valence-electron chi connectivity index (χ1n) is 7.52. The van der Waals surface area contributed by atoms with Gasteiger partial charge in [-0.2, -0.15) is 0 Å². The Balaban J connectivity index is 1.55. The molecule has 1 atom stereocenters. The fraction of sp³-hybridized carbons (Fsp3) is 0.667. The zero-order chi connectivity index (χ0) is 14.3. The Morgan fingerprint density at radius 3 is 3.00 bits per heavy atom. The van der Waals surface area contributed by atoms with E-state index in [-0.39, 0.29) is 11.3 Å². The molecule has 0 aromatic carbocycles. The third-order valence-electron chi connectivity index (χ3n) is 4.63. The van der Waals surface area contributed by atoms with Gasteiger partial charge < -0.3 is 19.1 Å². The van der Waals surface area contributed by atoms with Gasteiger partial charge in [-0.05, 0) is 19.3 Å². The van der Waals surface area contributed by atoms with Crippen molar-refractivity contribution in [3.05, 3.63) is 10.3 Å². The van der Waals surface area contributed by atoms with E-state index in [1.165, 1.54) is 17.8 Å². The average molecular weight is 309 g/mol. The van der Waals surface area contributed by atoms with Crippen molar-refractivity contribution in [2.24, 2.45) is 5.41 Å². The summed E-state index contributed by atoms with van der Waals surface area (Å²) in [7, 11) is 0. The molecule has 5 nitrogen and oxygen atoms in total. The van der Waals surface area contributed by atoms with Gasteiger partial charge in [-0.15, -0.1) is 11.3 Å². The monoisotopic (exact) mass is 309 g/mol. The first-order valence-corrected chi connectivity index (χ1v) is 8.40. The zero-order valence-corrected chi connectivity index (χ0v) is 12.7. The molecule has 1 amide bonds. The normalized spacial score (nSPS) is 28.1. The summed E-state index contributed by atoms with van der Waals surface area (Å²) in [6.45, 7) is 4.32. The molecule has 1 aromatic heterocycles. The Labute approximate surface area is 127 Å². The number of fused-ring (bicyclic) bond motifs is 1. The molecular formula is C15H19NO4S. The van der Waals surface area contributed by atoms with Crippen LogP contribution in [0.2, 0.25) is 0 Å². The van der Waals surface area contributed by atoms with Crippen LogP contribution in [0.15, 0.2) is 5.38 Å². The molecule has 0 N–H and O–H groups in total. The Bertz CT molecular complexity index is 550. The Hall–Kier alpha value is -1.27. The van der Waals surface area contributed by atoms with E-state index in [2.05, 4.69) is 0 Å². The van der Waals surface area contributed by atoms with E-state index in [9.17, 15) is 4.79 Å². The summed E-state index contributed by atoms with van der Waals surface area (Å²) in [5.74, 6) is 1.43. The van der Waals surface area contributed by atoms with Crippen LogP contribution in [0.25, 0.3) is 0 Å². The van der Waals surface area contributed by atoms with E-state index in [1.807, 2.05) is 10.3 Å². The molecular weight excluding hydrogens is 290 g/mol. The molecule has 1 spiro atoms. The molecule has 1 aromatic rings. The number of likely N-dealkylation sites (tertiary alicyclic amines) is 1. The van der Waals surface area contributed by atoms with E-state index < -0.39 is 0 Å². The van der Waals surface area contributed by atoms with Crippen LogP contribution >= 0.6 is 11.3 Å². The lowest BCUT2D eigenvalue weighted by Crippen LogP contribution is -2.46. The van der Waals surface area contributed by atoms with Crippen LogP contribution in [0.5, 0.6) is 11.5 Å². The third-order valence-corrected chi connectivity index (χ3v) is 5.56. The van der Waals surface area contributed by atoms with Crippen molar-refractivity contribution < 1.29 is 19.0 Å². The van der Waals surface area contributed by atoms with Gasteiger partial charge in [-0.25, -0.2) is 0 Å². The van der Waals surface area contributed by atoms with Crippen molar-refractivity contribution in [2.75, 3.05) is 39.5 Å². The molecule has 2 fully saturated rings. The molecule has 0 unspecified atom stereocenters. The van der Waals surface area contributed by atoms with Gasteiger partial charge >= 0.3 is 0 Å². The van der Waals surface area contributed by atoms with E-state index in [1.54, 1.807) is 0 Å². The summed E-state index contributed by atoms with van der Waals surface area (Å²) in [6.07, 6.45) is 3.29. The van der Waals surface area contributed by atoms with Crippen LogP contribution in [0.1, 0.15) is 28.9 Å². The molecule has 4 heterocycles. The second-order valence-corrected chi connectivity index (χ2v) is 6.97. The van der Waals surface area contributed by atoms with Gasteiger partial charge in [-0.1, -0.05) is 0 Å². The predicted molar refractivity (Wildman–Crippen MR) is 78.3 cm³/mol. The van der Waals surface area contributed by atoms with Crippen LogP contribution in [0.4, 0.5) is 0 Å². The lowest BCUT2D eigenvalue weighted by atomic mass is 9.79. The molecule has 3 aliphatic heterocycles. The molecule has 2 saturated heterocycles. The molecule has 3 aliphatic rings. The number of hydrogen-bond donors (Lipinski definition) is 0. The number of nitrogens with zero attached hydrogens (tertiary/aromatic N) is 1. The Morgan fingerprint density at radius 2 is 2.14 bits per heavy atom. The van der Waals surface area contributed by atoms with Gasteiger partial charge in [0.05, 0.1) is 6.61 Å². The lowest BCUT2D eigenvalue weighted by Gasteiger charge is -2.39. The summed E-state index contributed by atoms with van der Waals surface area (Å²) < 4.78 is 16.7. The highest BCUT2D eigenvalue weighted by Gasteiger charge is 2.41. The topological polar surface area (TPSA) is 48.0 Å². The minimum absolute atomic E-state index is 0.0812. The van der Waals surface area contributed by atoms with Gasteiger partial charge in [0.25, 0.3) is 5.91 Å². The highest BCUT2D eigenvalue weighted by Crippen LogP contribution is 2.42. The number of carbonyl (C=O) groups is 1. The summed E-state index contributed by atoms with van der Waals surface area (Å²) in [4.78, 5) is 15.5. The third kappa shape index (κ3) is 2.30. The Kier molecular flexibility index (Phi) is 3.30. The molecule has 0 aliphatic carbocycles. The standard InChI is InChI=1S/C15H19NO4S/c17-14(13-12-11(8-21-13)19-6-7-20-12)16-4-1-2-15(9-16)3-5-18-10-15/h8H,1-7,9-10H2/t15-/m0/s1. The van der Waals surface area contributed by atoms with Crippen molar-refractivity contribution in [3.8, 4) is 11.5 Å². The van der Waals surface area contributed by atoms with Gasteiger partial charge in [0.15, 0.2) is 11.5 Å². The van der Waals surface area contributed by atoms with Gasteiger partial charge in [0, 0.05) is 30.5 Å². The average Bonchev–Trinajstić information content (AvgIpc) is 3.14. The maximum absolute atomic E-state index is 12.8. The van der Waals surface area contributed by atoms with E-state index >= 15 is 0 Å². The molecule has 0 bridgehead atoms. The van der Waals surface area contributed by atoms with Gasteiger partial charge in [0.1, 0.15) is 18.1 Å². The smallest absolute Gasteiger partial charge is 0.267 e. The van der Waals surface area contributed by atoms with Gasteiger partial charge in [0.2, 0.25) is 0 Å². The zero-order valence-electron chi connectivity index (χ0n) is 11.9. The fourth-order valence-corrected chi connectivity index (χ4v) is 4.40. The quantitative estimate of drug-likeness (QED) is 0.797. The van der Waals surface area contributed by atoms with Crippen molar-refractivity contribution in [1.29, 1.82) is 0 Å². The first-order chi connectivity index (χ1) is 10.3. The SMILES string of the molecule is O=C(c1scc2c1OCCO2)N1CCC[C@]2(CCOC2)C1. The number of piperidine rings is 1. The van der Waals surface area contributed by atoms with Crippen molar-refractivity contribution in [1.82, 2.24) is 4.90 Å². The number of amides is 1. The van der Waals surface area contributed by atoms with Crippen LogP contribution in [0.3, 0.4) is 0 Å². The largest absolute Gasteiger partial charge is 0.485 e. The Morgan fingerprint density at radius 1 is 1.24 bits per heavy atom. The van der Waals surface area contributed by atoms with Crippen molar-refractivity contribution >= 4 is 17.2 Å². The highest BCUT2D eigenvalue weighted by molar-refractivity contribution is 7.12. The fourth-order valence-electron chi connectivity index (χ4n) is 3.51. The van der Waals surface area contributed by atoms with Gasteiger partial charge in [-0.3, -0.25) is 4.79 Å². The molecule has 6 heteroatoms. The van der Waals surface area contributed by atoms with Crippen LogP contribution < -0.4 is 9.47 Å². The minimum atomic E-state index is 0.0812. The number of thiophene rings is 1. The molecule has 114 valence electrons.